The van der Waals surface area contributed by atoms with Crippen LogP contribution in [0.3, 0.4) is 0 Å². The van der Waals surface area contributed by atoms with Crippen LogP contribution in [0, 0.1) is 0 Å². The molecule has 2 aromatic rings. The Hall–Kier alpha value is -8.15. The normalized spacial score (nSPS) is 16.9. The van der Waals surface area contributed by atoms with Crippen LogP contribution < -0.4 is 31.1 Å². The van der Waals surface area contributed by atoms with Crippen LogP contribution in [0.25, 0.3) is 0 Å². The van der Waals surface area contributed by atoms with Gasteiger partial charge in [0.2, 0.25) is 17.8 Å². The standard InChI is InChI=1S/C57H90N14O20/c72-44(58-19-9-8-11-42(52(87)88)60-57(91)61-43(53(89)90)17-18-45(73)74)12-7-5-3-1-2-4-6-10-20-65-25-28-69(29-26-65)55-62-54(63-56(64-55)71(37-50(83)84)38-51(85)86)59-40-15-13-39(14-16-40)31-41-32-68(35-48(79)80)24-23-66(33-46(75)76)21-22-67(34-47(77)78)27-30-70(41)36-49(81)82/h13-16,41-44,58,72H,1-12,17-38H2,(H,73,74)(H,75,76)(H,77,78)(H,79,80)(H,81,82)(H,83,84)(H,85,86)(H,87,88)(H,89,90)(H2,60,61,91)(H,59,62,63,64)/t41?,42-,43-,44?/m0/s1. The van der Waals surface area contributed by atoms with E-state index < -0.39 is 117 Å². The second kappa shape index (κ2) is 40.6. The molecule has 2 aliphatic rings. The molecule has 3 heterocycles. The fourth-order valence-corrected chi connectivity index (χ4v) is 10.6. The van der Waals surface area contributed by atoms with Crippen molar-refractivity contribution in [1.29, 1.82) is 0 Å². The lowest BCUT2D eigenvalue weighted by Crippen LogP contribution is -2.53. The number of amides is 2. The Morgan fingerprint density at radius 1 is 0.505 bits per heavy atom. The number of carbonyl (C=O) groups excluding carboxylic acids is 1. The van der Waals surface area contributed by atoms with Crippen molar-refractivity contribution >= 4 is 83.3 Å². The number of rotatable bonds is 42. The Labute approximate surface area is 526 Å². The molecule has 4 atom stereocenters. The molecular weight excluding hydrogens is 1200 g/mol. The molecule has 91 heavy (non-hydrogen) atoms. The Morgan fingerprint density at radius 2 is 1.00 bits per heavy atom. The van der Waals surface area contributed by atoms with Crippen molar-refractivity contribution in [2.45, 2.75) is 121 Å². The number of hydrogen-bond donors (Lipinski definition) is 14. The molecule has 1 aromatic carbocycles. The fourth-order valence-electron chi connectivity index (χ4n) is 10.6. The predicted octanol–water partition coefficient (Wildman–Crippen LogP) is -0.157. The third kappa shape index (κ3) is 31.4. The molecule has 34 heteroatoms. The van der Waals surface area contributed by atoms with Gasteiger partial charge in [-0.05, 0) is 82.2 Å². The molecule has 2 aliphatic heterocycles. The van der Waals surface area contributed by atoms with Crippen molar-refractivity contribution in [3.63, 3.8) is 0 Å². The van der Waals surface area contributed by atoms with E-state index in [9.17, 15) is 93.9 Å². The van der Waals surface area contributed by atoms with Crippen LogP contribution in [0.2, 0.25) is 0 Å². The molecule has 14 N–H and O–H groups in total. The number of carboxylic acids is 9. The average molecular weight is 1290 g/mol. The minimum Gasteiger partial charge on any atom is -0.481 e. The molecule has 2 unspecified atom stereocenters. The maximum absolute atomic E-state index is 12.3. The zero-order valence-corrected chi connectivity index (χ0v) is 51.2. The SMILES string of the molecule is O=C(O)CC[C@H](NC(=O)N[C@@H](CCCCNC(O)CCCCCCCCCCN1CCN(c2nc(Nc3ccc(CC4CN(CC(=O)O)CCN(CC(=O)O)CCN(CC(=O)O)CCN4CC(=O)O)cc3)nc(N(CC(=O)O)CC(=O)O)n2)CC1)C(=O)O)C(=O)O. The maximum Gasteiger partial charge on any atom is 0.326 e. The lowest BCUT2D eigenvalue weighted by atomic mass is 10.0. The van der Waals surface area contributed by atoms with Gasteiger partial charge < -0.3 is 76.8 Å². The molecule has 1 aromatic heterocycles. The minimum absolute atomic E-state index is 0.00297. The molecular formula is C57H90N14O20. The van der Waals surface area contributed by atoms with Gasteiger partial charge in [-0.2, -0.15) is 15.0 Å². The highest BCUT2D eigenvalue weighted by Gasteiger charge is 2.30. The second-order valence-corrected chi connectivity index (χ2v) is 22.7. The molecule has 0 aliphatic carbocycles. The highest BCUT2D eigenvalue weighted by Crippen LogP contribution is 2.23. The number of aliphatic carboxylic acids is 9. The Kier molecular flexibility index (Phi) is 33.6. The smallest absolute Gasteiger partial charge is 0.326 e. The van der Waals surface area contributed by atoms with Crippen molar-refractivity contribution in [1.82, 2.24) is 55.4 Å². The lowest BCUT2D eigenvalue weighted by Gasteiger charge is -2.37. The van der Waals surface area contributed by atoms with Crippen molar-refractivity contribution in [2.24, 2.45) is 0 Å². The Balaban J connectivity index is 1.27. The summed E-state index contributed by atoms with van der Waals surface area (Å²) >= 11 is 0. The van der Waals surface area contributed by atoms with Gasteiger partial charge in [0, 0.05) is 90.1 Å². The van der Waals surface area contributed by atoms with Crippen molar-refractivity contribution in [2.75, 3.05) is 139 Å². The number of nitrogens with one attached hydrogen (secondary N) is 4. The number of benzene rings is 1. The zero-order valence-electron chi connectivity index (χ0n) is 51.2. The van der Waals surface area contributed by atoms with Crippen LogP contribution in [0.15, 0.2) is 24.3 Å². The van der Waals surface area contributed by atoms with E-state index in [1.807, 2.05) is 4.90 Å². The van der Waals surface area contributed by atoms with Crippen LogP contribution in [0.4, 0.5) is 28.3 Å². The van der Waals surface area contributed by atoms with Crippen LogP contribution in [-0.4, -0.2) is 299 Å². The molecule has 2 saturated heterocycles. The van der Waals surface area contributed by atoms with Crippen molar-refractivity contribution in [3.05, 3.63) is 29.8 Å². The summed E-state index contributed by atoms with van der Waals surface area (Å²) in [4.78, 5) is 143. The number of anilines is 4. The zero-order chi connectivity index (χ0) is 66.8. The van der Waals surface area contributed by atoms with E-state index in [1.54, 1.807) is 43.9 Å². The van der Waals surface area contributed by atoms with Crippen molar-refractivity contribution < 1.29 is 99.0 Å². The highest BCUT2D eigenvalue weighted by atomic mass is 16.4. The van der Waals surface area contributed by atoms with Gasteiger partial charge >= 0.3 is 59.8 Å². The summed E-state index contributed by atoms with van der Waals surface area (Å²) in [5.41, 5.74) is 1.18. The van der Waals surface area contributed by atoms with Gasteiger partial charge in [-0.15, -0.1) is 0 Å². The predicted molar refractivity (Wildman–Crippen MR) is 325 cm³/mol. The first-order valence-electron chi connectivity index (χ1n) is 30.5. The van der Waals surface area contributed by atoms with E-state index >= 15 is 0 Å². The quantitative estimate of drug-likeness (QED) is 0.0303. The molecule has 2 amide bonds. The summed E-state index contributed by atoms with van der Waals surface area (Å²) in [6, 6.07) is 2.48. The number of nitrogens with zero attached hydrogens (tertiary/aromatic N) is 10. The van der Waals surface area contributed by atoms with Gasteiger partial charge in [-0.25, -0.2) is 14.4 Å². The monoisotopic (exact) mass is 1290 g/mol. The number of aliphatic hydroxyl groups excluding tert-OH is 1. The van der Waals surface area contributed by atoms with Crippen molar-refractivity contribution in [3.8, 4) is 0 Å². The first-order chi connectivity index (χ1) is 43.3. The number of carboxylic acid groups (broad SMARTS) is 9. The molecule has 0 bridgehead atoms. The molecule has 0 saturated carbocycles. The van der Waals surface area contributed by atoms with E-state index in [-0.39, 0.29) is 96.0 Å². The second-order valence-electron chi connectivity index (χ2n) is 22.7. The van der Waals surface area contributed by atoms with Crippen LogP contribution in [-0.2, 0) is 49.6 Å². The van der Waals surface area contributed by atoms with Crippen LogP contribution in [0.1, 0.15) is 95.5 Å². The lowest BCUT2D eigenvalue weighted by molar-refractivity contribution is -0.142. The van der Waals surface area contributed by atoms with Gasteiger partial charge in [0.15, 0.2) is 0 Å². The van der Waals surface area contributed by atoms with Crippen LogP contribution >= 0.6 is 0 Å². The highest BCUT2D eigenvalue weighted by molar-refractivity contribution is 5.86. The van der Waals surface area contributed by atoms with Gasteiger partial charge in [-0.3, -0.25) is 63.4 Å². The molecule has 34 nitrogen and oxygen atoms in total. The number of aliphatic hydroxyl groups is 1. The maximum atomic E-state index is 12.3. The Bertz CT molecular complexity index is 2660. The summed E-state index contributed by atoms with van der Waals surface area (Å²) < 4.78 is 0. The summed E-state index contributed by atoms with van der Waals surface area (Å²) in [7, 11) is 0. The van der Waals surface area contributed by atoms with E-state index in [2.05, 4.69) is 41.1 Å². The molecule has 2 fully saturated rings. The third-order valence-corrected chi connectivity index (χ3v) is 15.3. The Morgan fingerprint density at radius 3 is 1.54 bits per heavy atom. The van der Waals surface area contributed by atoms with Gasteiger partial charge in [0.25, 0.3) is 0 Å². The van der Waals surface area contributed by atoms with E-state index in [0.29, 0.717) is 63.2 Å². The molecule has 4 rings (SSSR count). The largest absolute Gasteiger partial charge is 0.481 e. The molecule has 0 radical (unpaired) electrons. The summed E-state index contributed by atoms with van der Waals surface area (Å²) in [6.45, 7) is 1.51. The average Bonchev–Trinajstić information content (AvgIpc) is 1.14. The fraction of sp³-hybridized carbons (Fsp3) is 0.667. The molecule has 0 spiro atoms. The van der Waals surface area contributed by atoms with E-state index in [0.717, 1.165) is 62.8 Å². The van der Waals surface area contributed by atoms with E-state index in [1.165, 1.54) is 0 Å². The number of piperazine rings is 1. The van der Waals surface area contributed by atoms with Gasteiger partial charge in [0.05, 0.1) is 26.2 Å². The first kappa shape index (κ1) is 75.3. The van der Waals surface area contributed by atoms with Crippen LogP contribution in [0.5, 0.6) is 0 Å². The summed E-state index contributed by atoms with van der Waals surface area (Å²) in [6.07, 6.45) is 8.08. The summed E-state index contributed by atoms with van der Waals surface area (Å²) in [5.74, 6) is -11.1. The number of unbranched alkanes of at least 4 members (excludes halogenated alkanes) is 8. The topological polar surface area (TPSA) is 482 Å². The number of urea groups is 1. The number of aromatic nitrogens is 3. The number of hydrogen-bond acceptors (Lipinski definition) is 23. The molecule has 508 valence electrons. The van der Waals surface area contributed by atoms with Gasteiger partial charge in [-0.1, -0.05) is 50.7 Å². The van der Waals surface area contributed by atoms with Gasteiger partial charge in [0.1, 0.15) is 31.4 Å². The number of carbonyl (C=O) groups is 10. The third-order valence-electron chi connectivity index (χ3n) is 15.3. The minimum atomic E-state index is -1.50. The summed E-state index contributed by atoms with van der Waals surface area (Å²) in [5, 5.41) is 107. The first-order valence-corrected chi connectivity index (χ1v) is 30.5. The van der Waals surface area contributed by atoms with E-state index in [4.69, 9.17) is 5.11 Å².